The largest absolute Gasteiger partial charge is 0.207 e. The van der Waals surface area contributed by atoms with E-state index in [-0.39, 0.29) is 22.9 Å². The van der Waals surface area contributed by atoms with Gasteiger partial charge in [0.15, 0.2) is 0 Å². The summed E-state index contributed by atoms with van der Waals surface area (Å²) in [4.78, 5) is 0. The molecule has 0 atom stereocenters. The zero-order valence-electron chi connectivity index (χ0n) is 23.2. The number of unbranched alkanes of at least 4 members (excludes halogenated alkanes) is 3. The summed E-state index contributed by atoms with van der Waals surface area (Å²) in [5.74, 6) is 1.46. The van der Waals surface area contributed by atoms with E-state index in [4.69, 9.17) is 11.6 Å². The monoisotopic (exact) mass is 546 g/mol. The third-order valence-electron chi connectivity index (χ3n) is 9.54. The summed E-state index contributed by atoms with van der Waals surface area (Å²) in [5.41, 5.74) is 1.58. The van der Waals surface area contributed by atoms with Gasteiger partial charge >= 0.3 is 0 Å². The lowest BCUT2D eigenvalue weighted by Crippen LogP contribution is -2.18. The number of benzene rings is 2. The van der Waals surface area contributed by atoms with Gasteiger partial charge in [0.25, 0.3) is 0 Å². The van der Waals surface area contributed by atoms with E-state index in [1.165, 1.54) is 95.6 Å². The fraction of sp³-hybridized carbons (Fsp3) is 0.647. The Hall–Kier alpha value is -1.48. The molecule has 2 fully saturated rings. The van der Waals surface area contributed by atoms with Gasteiger partial charge in [-0.1, -0.05) is 95.2 Å². The molecule has 2 aromatic rings. The second-order valence-electron chi connectivity index (χ2n) is 12.2. The lowest BCUT2D eigenvalue weighted by atomic mass is 9.74. The van der Waals surface area contributed by atoms with E-state index in [2.05, 4.69) is 6.92 Å². The van der Waals surface area contributed by atoms with Crippen LogP contribution >= 0.6 is 11.6 Å². The van der Waals surface area contributed by atoms with Gasteiger partial charge in [0, 0.05) is 5.56 Å². The maximum atomic E-state index is 14.9. The molecule has 2 aromatic carbocycles. The van der Waals surface area contributed by atoms with E-state index in [1.807, 2.05) is 0 Å². The number of aryl methyl sites for hydroxylation is 1. The lowest BCUT2D eigenvalue weighted by Gasteiger charge is -2.32. The van der Waals surface area contributed by atoms with E-state index in [0.29, 0.717) is 12.0 Å². The fourth-order valence-electron chi connectivity index (χ4n) is 6.99. The van der Waals surface area contributed by atoms with Crippen LogP contribution in [0.25, 0.3) is 0 Å². The molecule has 4 heteroatoms. The van der Waals surface area contributed by atoms with Crippen LogP contribution in [-0.4, -0.2) is 0 Å². The van der Waals surface area contributed by atoms with E-state index in [9.17, 15) is 13.2 Å². The maximum Gasteiger partial charge on any atom is 0.142 e. The number of hydrogen-bond donors (Lipinski definition) is 0. The molecule has 0 spiro atoms. The van der Waals surface area contributed by atoms with E-state index < -0.39 is 17.5 Å². The first kappa shape index (κ1) is 29.5. The molecule has 0 aliphatic heterocycles. The highest BCUT2D eigenvalue weighted by Crippen LogP contribution is 2.41. The Bertz CT molecular complexity index is 980. The molecule has 38 heavy (non-hydrogen) atoms. The molecule has 0 unspecified atom stereocenters. The maximum absolute atomic E-state index is 14.9. The Labute approximate surface area is 233 Å². The first-order valence-electron chi connectivity index (χ1n) is 15.3. The van der Waals surface area contributed by atoms with Crippen molar-refractivity contribution >= 4 is 11.6 Å². The summed E-state index contributed by atoms with van der Waals surface area (Å²) >= 11 is 5.73. The minimum absolute atomic E-state index is 0.0563. The van der Waals surface area contributed by atoms with Gasteiger partial charge in [-0.05, 0) is 97.6 Å². The molecular formula is C34H46ClF3. The van der Waals surface area contributed by atoms with Crippen LogP contribution in [-0.2, 0) is 12.8 Å². The average molecular weight is 547 g/mol. The second kappa shape index (κ2) is 14.8. The molecule has 2 aliphatic carbocycles. The van der Waals surface area contributed by atoms with Crippen LogP contribution in [0.3, 0.4) is 0 Å². The van der Waals surface area contributed by atoms with Crippen LogP contribution < -0.4 is 0 Å². The summed E-state index contributed by atoms with van der Waals surface area (Å²) in [7, 11) is 0. The third kappa shape index (κ3) is 8.51. The van der Waals surface area contributed by atoms with Crippen molar-refractivity contribution in [2.24, 2.45) is 17.8 Å². The zero-order valence-corrected chi connectivity index (χ0v) is 24.0. The number of halogens is 4. The highest BCUT2D eigenvalue weighted by molar-refractivity contribution is 6.30. The zero-order chi connectivity index (χ0) is 26.9. The van der Waals surface area contributed by atoms with Crippen LogP contribution in [0.2, 0.25) is 5.02 Å². The fourth-order valence-corrected chi connectivity index (χ4v) is 7.10. The molecule has 4 rings (SSSR count). The van der Waals surface area contributed by atoms with Gasteiger partial charge in [-0.25, -0.2) is 13.2 Å². The summed E-state index contributed by atoms with van der Waals surface area (Å²) < 4.78 is 43.5. The normalized spacial score (nSPS) is 24.0. The molecule has 2 saturated carbocycles. The molecule has 0 saturated heterocycles. The van der Waals surface area contributed by atoms with E-state index in [0.717, 1.165) is 36.2 Å². The van der Waals surface area contributed by atoms with Gasteiger partial charge in [-0.3, -0.25) is 0 Å². The van der Waals surface area contributed by atoms with Gasteiger partial charge in [-0.15, -0.1) is 0 Å². The summed E-state index contributed by atoms with van der Waals surface area (Å²) in [6, 6.07) is 7.62. The van der Waals surface area contributed by atoms with Crippen LogP contribution in [0.5, 0.6) is 0 Å². The molecule has 0 radical (unpaired) electrons. The molecule has 0 N–H and O–H groups in total. The van der Waals surface area contributed by atoms with Gasteiger partial charge in [0.05, 0.1) is 5.02 Å². The Morgan fingerprint density at radius 2 is 1.24 bits per heavy atom. The molecule has 0 bridgehead atoms. The molecule has 210 valence electrons. The van der Waals surface area contributed by atoms with Crippen LogP contribution in [0.15, 0.2) is 30.3 Å². The second-order valence-corrected chi connectivity index (χ2v) is 12.6. The van der Waals surface area contributed by atoms with E-state index in [1.54, 1.807) is 18.2 Å². The third-order valence-corrected chi connectivity index (χ3v) is 9.85. The average Bonchev–Trinajstić information content (AvgIpc) is 2.92. The lowest BCUT2D eigenvalue weighted by molar-refractivity contribution is 0.222. The summed E-state index contributed by atoms with van der Waals surface area (Å²) in [6.07, 6.45) is 20.4. The quantitative estimate of drug-likeness (QED) is 0.232. The van der Waals surface area contributed by atoms with Crippen molar-refractivity contribution in [3.05, 3.63) is 69.5 Å². The van der Waals surface area contributed by atoms with Crippen molar-refractivity contribution in [3.63, 3.8) is 0 Å². The summed E-state index contributed by atoms with van der Waals surface area (Å²) in [6.45, 7) is 2.28. The smallest absolute Gasteiger partial charge is 0.142 e. The molecular weight excluding hydrogens is 501 g/mol. The standard InChI is InChI=1S/C34H46ClF3/c1-2-3-4-5-6-24-7-9-25(10-8-24)11-12-26-13-17-28(18-14-26)29-22-32(36)30(33(37)23-29)19-15-27-16-20-31(35)34(38)21-27/h16,20-26,28H,2-15,17-19H2,1H3/t24-,25-,26-,28-. The van der Waals surface area contributed by atoms with Gasteiger partial charge in [-0.2, -0.15) is 0 Å². The van der Waals surface area contributed by atoms with Crippen molar-refractivity contribution < 1.29 is 13.2 Å². The van der Waals surface area contributed by atoms with Gasteiger partial charge in [0.1, 0.15) is 17.5 Å². The Morgan fingerprint density at radius 1 is 0.658 bits per heavy atom. The molecule has 0 nitrogen and oxygen atoms in total. The van der Waals surface area contributed by atoms with Crippen molar-refractivity contribution in [2.45, 2.75) is 122 Å². The highest BCUT2D eigenvalue weighted by atomic mass is 35.5. The van der Waals surface area contributed by atoms with Crippen molar-refractivity contribution in [1.82, 2.24) is 0 Å². The predicted octanol–water partition coefficient (Wildman–Crippen LogP) is 11.4. The number of hydrogen-bond acceptors (Lipinski definition) is 0. The molecule has 2 aliphatic rings. The SMILES string of the molecule is CCCCCC[C@H]1CC[C@H](CC[C@H]2CC[C@H](c3cc(F)c(CCc4ccc(Cl)c(F)c4)c(F)c3)CC2)CC1. The van der Waals surface area contributed by atoms with Crippen molar-refractivity contribution in [2.75, 3.05) is 0 Å². The molecule has 0 heterocycles. The highest BCUT2D eigenvalue weighted by Gasteiger charge is 2.26. The Kier molecular flexibility index (Phi) is 11.5. The Morgan fingerprint density at radius 3 is 1.82 bits per heavy atom. The topological polar surface area (TPSA) is 0 Å². The van der Waals surface area contributed by atoms with Crippen LogP contribution in [0.1, 0.15) is 126 Å². The summed E-state index contributed by atoms with van der Waals surface area (Å²) in [5, 5.41) is 0.0563. The molecule has 0 amide bonds. The minimum Gasteiger partial charge on any atom is -0.207 e. The van der Waals surface area contributed by atoms with Gasteiger partial charge in [0.2, 0.25) is 0 Å². The number of rotatable bonds is 12. The Balaban J connectivity index is 1.18. The first-order chi connectivity index (χ1) is 18.4. The molecule has 0 aromatic heterocycles. The minimum atomic E-state index is -0.503. The van der Waals surface area contributed by atoms with Crippen LogP contribution in [0.4, 0.5) is 13.2 Å². The van der Waals surface area contributed by atoms with Crippen molar-refractivity contribution in [3.8, 4) is 0 Å². The van der Waals surface area contributed by atoms with Crippen LogP contribution in [0, 0.1) is 35.2 Å². The van der Waals surface area contributed by atoms with Gasteiger partial charge < -0.3 is 0 Å². The first-order valence-corrected chi connectivity index (χ1v) is 15.7. The van der Waals surface area contributed by atoms with E-state index >= 15 is 0 Å². The van der Waals surface area contributed by atoms with Crippen molar-refractivity contribution in [1.29, 1.82) is 0 Å². The predicted molar refractivity (Wildman–Crippen MR) is 153 cm³/mol.